The Labute approximate surface area is 165 Å². The third-order valence-electron chi connectivity index (χ3n) is 4.17. The Morgan fingerprint density at radius 1 is 1.39 bits per heavy atom. The smallest absolute Gasteiger partial charge is 0.295 e. The summed E-state index contributed by atoms with van der Waals surface area (Å²) < 4.78 is 26.5. The fourth-order valence-electron chi connectivity index (χ4n) is 2.82. The van der Waals surface area contributed by atoms with Gasteiger partial charge in [0.1, 0.15) is 18.3 Å². The van der Waals surface area contributed by atoms with Crippen molar-refractivity contribution < 1.29 is 48.3 Å². The number of nitrogens with one attached hydrogen (secondary N) is 1. The lowest BCUT2D eigenvalue weighted by Gasteiger charge is -2.44. The molecule has 11 nitrogen and oxygen atoms in total. The molecule has 1 fully saturated rings. The summed E-state index contributed by atoms with van der Waals surface area (Å²) in [5, 5.41) is 22.6. The summed E-state index contributed by atoms with van der Waals surface area (Å²) in [5.41, 5.74) is 0. The molecule has 28 heavy (non-hydrogen) atoms. The van der Waals surface area contributed by atoms with Crippen molar-refractivity contribution in [2.24, 2.45) is 0 Å². The summed E-state index contributed by atoms with van der Waals surface area (Å²) in [4.78, 5) is 33.3. The molecule has 1 aliphatic rings. The van der Waals surface area contributed by atoms with E-state index in [1.54, 1.807) is 6.92 Å². The van der Waals surface area contributed by atoms with E-state index in [2.05, 4.69) is 14.6 Å². The van der Waals surface area contributed by atoms with Gasteiger partial charge in [0.15, 0.2) is 18.7 Å². The van der Waals surface area contributed by atoms with Gasteiger partial charge in [-0.15, -0.1) is 9.24 Å². The number of carbonyl (C=O) groups is 3. The summed E-state index contributed by atoms with van der Waals surface area (Å²) in [7, 11) is 3.60. The molecule has 0 aromatic carbocycles. The number of hydrogen-bond donors (Lipinski definition) is 3. The van der Waals surface area contributed by atoms with Gasteiger partial charge in [0.2, 0.25) is 12.2 Å². The molecule has 0 aromatic heterocycles. The van der Waals surface area contributed by atoms with Crippen molar-refractivity contribution >= 4 is 27.9 Å². The predicted octanol–water partition coefficient (Wildman–Crippen LogP) is -2.05. The van der Waals surface area contributed by atoms with Crippen LogP contribution in [0, 0.1) is 0 Å². The van der Waals surface area contributed by atoms with Crippen molar-refractivity contribution in [2.45, 2.75) is 63.0 Å². The molecule has 0 radical (unpaired) electrons. The van der Waals surface area contributed by atoms with Crippen LogP contribution in [0.4, 0.5) is 0 Å². The summed E-state index contributed by atoms with van der Waals surface area (Å²) in [6.45, 7) is 2.61. The monoisotopic (exact) mass is 425 g/mol. The molecule has 1 amide bonds. The molecule has 162 valence electrons. The van der Waals surface area contributed by atoms with E-state index >= 15 is 0 Å². The lowest BCUT2D eigenvalue weighted by Crippen LogP contribution is -2.64. The molecule has 0 saturated carbocycles. The molecule has 0 aliphatic carbocycles. The number of aliphatic hydroxyl groups excluding tert-OH is 2. The fraction of sp³-hybridized carbons (Fsp3) is 0.812. The second-order valence-corrected chi connectivity index (χ2v) is 6.59. The van der Waals surface area contributed by atoms with Gasteiger partial charge in [-0.05, 0) is 6.92 Å². The lowest BCUT2D eigenvalue weighted by molar-refractivity contribution is -0.289. The van der Waals surface area contributed by atoms with Crippen molar-refractivity contribution in [2.75, 3.05) is 19.9 Å². The molecule has 0 aromatic rings. The average molecular weight is 425 g/mol. The summed E-state index contributed by atoms with van der Waals surface area (Å²) >= 11 is 0. The van der Waals surface area contributed by atoms with E-state index in [1.807, 2.05) is 0 Å². The molecular formula is C16H28NO10P. The van der Waals surface area contributed by atoms with E-state index in [1.165, 1.54) is 14.0 Å². The first-order valence-electron chi connectivity index (χ1n) is 8.62. The van der Waals surface area contributed by atoms with Gasteiger partial charge in [0.25, 0.3) is 6.47 Å². The molecule has 1 heterocycles. The minimum absolute atomic E-state index is 0.104. The van der Waals surface area contributed by atoms with Crippen LogP contribution in [0.3, 0.4) is 0 Å². The Morgan fingerprint density at radius 3 is 2.54 bits per heavy atom. The van der Waals surface area contributed by atoms with Gasteiger partial charge in [-0.1, -0.05) is 0 Å². The van der Waals surface area contributed by atoms with Gasteiger partial charge in [-0.25, -0.2) is 0 Å². The molecule has 0 spiro atoms. The molecule has 0 bridgehead atoms. The number of aldehydes is 1. The Morgan fingerprint density at radius 2 is 2.07 bits per heavy atom. The first-order valence-corrected chi connectivity index (χ1v) is 9.44. The number of ether oxygens (including phenoxy) is 5. The second kappa shape index (κ2) is 12.4. The van der Waals surface area contributed by atoms with E-state index in [0.29, 0.717) is 6.29 Å². The van der Waals surface area contributed by atoms with Gasteiger partial charge in [0, 0.05) is 20.2 Å². The van der Waals surface area contributed by atoms with Crippen LogP contribution >= 0.6 is 9.24 Å². The van der Waals surface area contributed by atoms with Crippen molar-refractivity contribution in [3.8, 4) is 0 Å². The number of aliphatic hydroxyl groups is 2. The number of amides is 1. The van der Waals surface area contributed by atoms with E-state index in [0.717, 1.165) is 0 Å². The highest BCUT2D eigenvalue weighted by Crippen LogP contribution is 2.26. The molecule has 6 unspecified atom stereocenters. The molecule has 1 aliphatic heterocycles. The average Bonchev–Trinajstić information content (AvgIpc) is 2.66. The summed E-state index contributed by atoms with van der Waals surface area (Å²) in [6, 6.07) is -0.743. The Bertz CT molecular complexity index is 510. The first kappa shape index (κ1) is 24.8. The summed E-state index contributed by atoms with van der Waals surface area (Å²) in [5.74, 6) is -0.366. The van der Waals surface area contributed by atoms with E-state index in [4.69, 9.17) is 23.7 Å². The molecule has 1 saturated heterocycles. The van der Waals surface area contributed by atoms with Crippen LogP contribution in [-0.4, -0.2) is 97.9 Å². The van der Waals surface area contributed by atoms with Crippen LogP contribution in [0.15, 0.2) is 0 Å². The van der Waals surface area contributed by atoms with Crippen LogP contribution < -0.4 is 5.32 Å². The van der Waals surface area contributed by atoms with Gasteiger partial charge in [0.05, 0.1) is 18.8 Å². The highest BCUT2D eigenvalue weighted by Gasteiger charge is 2.45. The van der Waals surface area contributed by atoms with Crippen molar-refractivity contribution in [1.82, 2.24) is 5.32 Å². The Balaban J connectivity index is 3.00. The van der Waals surface area contributed by atoms with Crippen molar-refractivity contribution in [1.29, 1.82) is 0 Å². The molecule has 9 atom stereocenters. The van der Waals surface area contributed by atoms with Gasteiger partial charge in [-0.2, -0.15) is 0 Å². The standard InChI is InChI=1S/C16H28NO10P/c1-8-13(17-9(2)21)15(14(22)10(4-18)25-8)26-12(6-28)27-16(24-7-20)11(5-19)23-3/h5,7-8,10-16,18,22H,4,6,28H2,1-3H3,(H,17,21)/t8-,10?,11?,12+,13?,14-,15?,16?/m0/s1. The normalized spacial score (nSPS) is 30.7. The lowest BCUT2D eigenvalue weighted by atomic mass is 9.93. The minimum Gasteiger partial charge on any atom is -0.434 e. The fourth-order valence-corrected chi connectivity index (χ4v) is 3.05. The maximum absolute atomic E-state index is 11.5. The first-order chi connectivity index (χ1) is 13.3. The number of rotatable bonds is 12. The zero-order valence-corrected chi connectivity index (χ0v) is 17.1. The maximum atomic E-state index is 11.5. The number of hydrogen-bond acceptors (Lipinski definition) is 10. The minimum atomic E-state index is -1.38. The van der Waals surface area contributed by atoms with E-state index < -0.39 is 55.7 Å². The summed E-state index contributed by atoms with van der Waals surface area (Å²) in [6.07, 6.45) is -6.87. The Kier molecular flexibility index (Phi) is 11.0. The number of methoxy groups -OCH3 is 1. The third kappa shape index (κ3) is 6.70. The highest BCUT2D eigenvalue weighted by atomic mass is 31.0. The Hall–Kier alpha value is -1.20. The van der Waals surface area contributed by atoms with Crippen molar-refractivity contribution in [3.05, 3.63) is 0 Å². The van der Waals surface area contributed by atoms with Gasteiger partial charge in [-0.3, -0.25) is 9.59 Å². The van der Waals surface area contributed by atoms with Crippen LogP contribution in [0.1, 0.15) is 13.8 Å². The van der Waals surface area contributed by atoms with Gasteiger partial charge < -0.3 is 44.0 Å². The van der Waals surface area contributed by atoms with Gasteiger partial charge >= 0.3 is 0 Å². The molecular weight excluding hydrogens is 397 g/mol. The van der Waals surface area contributed by atoms with Crippen LogP contribution in [-0.2, 0) is 38.1 Å². The van der Waals surface area contributed by atoms with Crippen molar-refractivity contribution in [3.63, 3.8) is 0 Å². The van der Waals surface area contributed by atoms with Crippen LogP contribution in [0.2, 0.25) is 0 Å². The third-order valence-corrected chi connectivity index (χ3v) is 4.55. The molecule has 1 rings (SSSR count). The molecule has 12 heteroatoms. The quantitative estimate of drug-likeness (QED) is 0.181. The zero-order chi connectivity index (χ0) is 21.3. The van der Waals surface area contributed by atoms with Crippen LogP contribution in [0.25, 0.3) is 0 Å². The highest BCUT2D eigenvalue weighted by molar-refractivity contribution is 7.16. The zero-order valence-electron chi connectivity index (χ0n) is 15.9. The predicted molar refractivity (Wildman–Crippen MR) is 97.2 cm³/mol. The number of carbonyl (C=O) groups excluding carboxylic acids is 3. The molecule has 3 N–H and O–H groups in total. The largest absolute Gasteiger partial charge is 0.434 e. The SMILES string of the molecule is COC(C=O)C(OC=O)O[C@H](CP)OC1C(NC(C)=O)[C@H](C)OC(CO)[C@@H]1O. The topological polar surface area (TPSA) is 150 Å². The second-order valence-electron chi connectivity index (χ2n) is 6.12. The maximum Gasteiger partial charge on any atom is 0.295 e. The van der Waals surface area contributed by atoms with Crippen LogP contribution in [0.5, 0.6) is 0 Å². The van der Waals surface area contributed by atoms with E-state index in [9.17, 15) is 24.6 Å². The van der Waals surface area contributed by atoms with E-state index in [-0.39, 0.29) is 18.5 Å².